The molecular weight excluding hydrogens is 372 g/mol. The van der Waals surface area contributed by atoms with Gasteiger partial charge in [-0.15, -0.1) is 0 Å². The molecule has 0 saturated heterocycles. The number of esters is 1. The fraction of sp³-hybridized carbons (Fsp3) is 0.389. The minimum Gasteiger partial charge on any atom is -0.493 e. The number of nitrogens with one attached hydrogen (secondary N) is 1. The van der Waals surface area contributed by atoms with Crippen molar-refractivity contribution in [3.63, 3.8) is 0 Å². The van der Waals surface area contributed by atoms with Gasteiger partial charge >= 0.3 is 5.97 Å². The van der Waals surface area contributed by atoms with E-state index >= 15 is 0 Å². The molecular formula is C18H24N2O6S. The van der Waals surface area contributed by atoms with Crippen LogP contribution < -0.4 is 14.2 Å². The number of rotatable bonds is 7. The van der Waals surface area contributed by atoms with Gasteiger partial charge in [-0.05, 0) is 32.9 Å². The molecule has 0 bridgehead atoms. The minimum atomic E-state index is -4.05. The number of carbonyl (C=O) groups excluding carboxylic acids is 1. The molecule has 1 N–H and O–H groups in total. The van der Waals surface area contributed by atoms with Crippen LogP contribution >= 0.6 is 0 Å². The largest absolute Gasteiger partial charge is 0.493 e. The van der Waals surface area contributed by atoms with Crippen molar-refractivity contribution in [3.05, 3.63) is 35.2 Å². The highest BCUT2D eigenvalue weighted by molar-refractivity contribution is 7.92. The van der Waals surface area contributed by atoms with Crippen LogP contribution in [0.4, 0.5) is 5.69 Å². The first-order valence-corrected chi connectivity index (χ1v) is 9.74. The second-order valence-electron chi connectivity index (χ2n) is 5.83. The van der Waals surface area contributed by atoms with Crippen LogP contribution in [0.2, 0.25) is 0 Å². The summed E-state index contributed by atoms with van der Waals surface area (Å²) >= 11 is 0. The van der Waals surface area contributed by atoms with Crippen molar-refractivity contribution in [3.8, 4) is 11.5 Å². The minimum absolute atomic E-state index is 0.0322. The summed E-state index contributed by atoms with van der Waals surface area (Å²) in [7, 11) is 0.593. The Bertz CT molecular complexity index is 963. The van der Waals surface area contributed by atoms with E-state index in [0.717, 1.165) is 0 Å². The highest BCUT2D eigenvalue weighted by atomic mass is 32.2. The van der Waals surface area contributed by atoms with Gasteiger partial charge in [0, 0.05) is 24.5 Å². The average Bonchev–Trinajstić information content (AvgIpc) is 2.86. The molecule has 0 spiro atoms. The van der Waals surface area contributed by atoms with E-state index in [1.165, 1.54) is 20.3 Å². The van der Waals surface area contributed by atoms with Crippen LogP contribution in [-0.4, -0.2) is 39.8 Å². The van der Waals surface area contributed by atoms with Gasteiger partial charge in [-0.2, -0.15) is 0 Å². The Morgan fingerprint density at radius 1 is 1.11 bits per heavy atom. The normalized spacial score (nSPS) is 11.2. The van der Waals surface area contributed by atoms with Crippen molar-refractivity contribution < 1.29 is 27.4 Å². The molecule has 0 saturated carbocycles. The summed E-state index contributed by atoms with van der Waals surface area (Å²) < 4.78 is 45.7. The predicted octanol–water partition coefficient (Wildman–Crippen LogP) is 2.64. The quantitative estimate of drug-likeness (QED) is 0.723. The fourth-order valence-electron chi connectivity index (χ4n) is 2.80. The number of nitrogens with zero attached hydrogens (tertiary/aromatic N) is 1. The number of hydrogen-bond donors (Lipinski definition) is 1. The fourth-order valence-corrected chi connectivity index (χ4v) is 4.36. The van der Waals surface area contributed by atoms with E-state index in [9.17, 15) is 13.2 Å². The summed E-state index contributed by atoms with van der Waals surface area (Å²) in [6.07, 6.45) is 0. The van der Waals surface area contributed by atoms with E-state index in [1.54, 1.807) is 44.5 Å². The summed E-state index contributed by atoms with van der Waals surface area (Å²) in [6.45, 7) is 5.13. The van der Waals surface area contributed by atoms with E-state index in [-0.39, 0.29) is 22.8 Å². The van der Waals surface area contributed by atoms with Gasteiger partial charge in [0.2, 0.25) is 0 Å². The van der Waals surface area contributed by atoms with Gasteiger partial charge < -0.3 is 18.8 Å². The first-order chi connectivity index (χ1) is 12.7. The molecule has 0 radical (unpaired) electrons. The van der Waals surface area contributed by atoms with Crippen LogP contribution in [0.25, 0.3) is 0 Å². The lowest BCUT2D eigenvalue weighted by Gasteiger charge is -2.13. The number of anilines is 1. The SMILES string of the molecule is CCOC(=O)c1c(S(=O)(=O)Nc2ccc(OC)c(OC)c2)c(C)n(C)c1C. The molecule has 148 valence electrons. The number of methoxy groups -OCH3 is 2. The molecule has 9 heteroatoms. The van der Waals surface area contributed by atoms with E-state index in [1.807, 2.05) is 0 Å². The zero-order valence-electron chi connectivity index (χ0n) is 16.2. The third-order valence-electron chi connectivity index (χ3n) is 4.31. The van der Waals surface area contributed by atoms with Crippen LogP contribution in [0.3, 0.4) is 0 Å². The Labute approximate surface area is 159 Å². The summed E-state index contributed by atoms with van der Waals surface area (Å²) in [4.78, 5) is 12.3. The standard InChI is InChI=1S/C18H24N2O6S/c1-7-26-18(21)16-11(2)20(4)12(3)17(16)27(22,23)19-13-8-9-14(24-5)15(10-13)25-6/h8-10,19H,7H2,1-6H3. The Morgan fingerprint density at radius 2 is 1.74 bits per heavy atom. The summed E-state index contributed by atoms with van der Waals surface area (Å²) in [5.74, 6) is 0.176. The molecule has 2 aromatic rings. The monoisotopic (exact) mass is 396 g/mol. The van der Waals surface area contributed by atoms with Crippen molar-refractivity contribution >= 4 is 21.7 Å². The Kier molecular flexibility index (Phi) is 6.04. The molecule has 0 fully saturated rings. The van der Waals surface area contributed by atoms with Crippen LogP contribution in [0.15, 0.2) is 23.1 Å². The Hall–Kier alpha value is -2.68. The summed E-state index contributed by atoms with van der Waals surface area (Å²) in [5.41, 5.74) is 1.26. The molecule has 0 amide bonds. The van der Waals surface area contributed by atoms with Gasteiger partial charge in [0.1, 0.15) is 10.5 Å². The molecule has 27 heavy (non-hydrogen) atoms. The van der Waals surface area contributed by atoms with E-state index in [4.69, 9.17) is 14.2 Å². The van der Waals surface area contributed by atoms with Crippen LogP contribution in [-0.2, 0) is 21.8 Å². The van der Waals surface area contributed by atoms with Gasteiger partial charge in [-0.3, -0.25) is 4.72 Å². The van der Waals surface area contributed by atoms with Crippen LogP contribution in [0.5, 0.6) is 11.5 Å². The van der Waals surface area contributed by atoms with Crippen LogP contribution in [0, 0.1) is 13.8 Å². The van der Waals surface area contributed by atoms with Gasteiger partial charge in [0.05, 0.1) is 26.5 Å². The van der Waals surface area contributed by atoms with E-state index in [2.05, 4.69) is 4.72 Å². The molecule has 1 heterocycles. The lowest BCUT2D eigenvalue weighted by molar-refractivity contribution is 0.0521. The highest BCUT2D eigenvalue weighted by Gasteiger charge is 2.31. The van der Waals surface area contributed by atoms with E-state index in [0.29, 0.717) is 22.9 Å². The van der Waals surface area contributed by atoms with Crippen molar-refractivity contribution in [2.24, 2.45) is 7.05 Å². The maximum atomic E-state index is 13.1. The highest BCUT2D eigenvalue weighted by Crippen LogP contribution is 2.33. The predicted molar refractivity (Wildman–Crippen MR) is 101 cm³/mol. The Morgan fingerprint density at radius 3 is 2.30 bits per heavy atom. The number of ether oxygens (including phenoxy) is 3. The zero-order valence-corrected chi connectivity index (χ0v) is 17.1. The second-order valence-corrected chi connectivity index (χ2v) is 7.45. The molecule has 0 unspecified atom stereocenters. The molecule has 0 atom stereocenters. The smallest absolute Gasteiger partial charge is 0.341 e. The lowest BCUT2D eigenvalue weighted by atomic mass is 10.2. The molecule has 2 rings (SSSR count). The average molecular weight is 396 g/mol. The summed E-state index contributed by atoms with van der Waals surface area (Å²) in [5, 5.41) is 0. The van der Waals surface area contributed by atoms with Crippen molar-refractivity contribution in [2.75, 3.05) is 25.5 Å². The maximum Gasteiger partial charge on any atom is 0.341 e. The second kappa shape index (κ2) is 7.91. The molecule has 0 aliphatic rings. The molecule has 0 aliphatic heterocycles. The van der Waals surface area contributed by atoms with Gasteiger partial charge in [-0.25, -0.2) is 13.2 Å². The van der Waals surface area contributed by atoms with Crippen molar-refractivity contribution in [1.82, 2.24) is 4.57 Å². The zero-order chi connectivity index (χ0) is 20.4. The third-order valence-corrected chi connectivity index (χ3v) is 5.85. The van der Waals surface area contributed by atoms with Crippen molar-refractivity contribution in [2.45, 2.75) is 25.7 Å². The molecule has 1 aromatic heterocycles. The van der Waals surface area contributed by atoms with E-state index < -0.39 is 16.0 Å². The number of aromatic nitrogens is 1. The van der Waals surface area contributed by atoms with Gasteiger partial charge in [0.25, 0.3) is 10.0 Å². The lowest BCUT2D eigenvalue weighted by Crippen LogP contribution is -2.18. The van der Waals surface area contributed by atoms with Crippen LogP contribution in [0.1, 0.15) is 28.7 Å². The number of sulfonamides is 1. The van der Waals surface area contributed by atoms with Gasteiger partial charge in [-0.1, -0.05) is 0 Å². The molecule has 8 nitrogen and oxygen atoms in total. The third kappa shape index (κ3) is 3.87. The number of benzene rings is 1. The topological polar surface area (TPSA) is 95.9 Å². The Balaban J connectivity index is 2.54. The molecule has 0 aliphatic carbocycles. The van der Waals surface area contributed by atoms with Gasteiger partial charge in [0.15, 0.2) is 11.5 Å². The first kappa shape index (κ1) is 20.6. The van der Waals surface area contributed by atoms with Crippen molar-refractivity contribution in [1.29, 1.82) is 0 Å². The molecule has 1 aromatic carbocycles. The maximum absolute atomic E-state index is 13.1. The first-order valence-electron chi connectivity index (χ1n) is 8.25. The number of carbonyl (C=O) groups is 1. The number of hydrogen-bond acceptors (Lipinski definition) is 6. The summed E-state index contributed by atoms with van der Waals surface area (Å²) in [6, 6.07) is 4.64.